The number of likely N-dealkylation sites (tertiary alicyclic amines) is 1. The average molecular weight is 334 g/mol. The molecule has 0 aromatic carbocycles. The van der Waals surface area contributed by atoms with Crippen LogP contribution in [-0.2, 0) is 16.1 Å². The molecule has 0 spiro atoms. The lowest BCUT2D eigenvalue weighted by molar-refractivity contribution is -0.133. The summed E-state index contributed by atoms with van der Waals surface area (Å²) in [4.78, 5) is 14.9. The molecule has 0 bridgehead atoms. The SMILES string of the molecule is O=C(NC1CCCC1)[C@@H]1C[C@@H]2CCN(Cc3ccsc3)C[C@@H]2O1. The summed E-state index contributed by atoms with van der Waals surface area (Å²) in [5.41, 5.74) is 1.39. The Morgan fingerprint density at radius 2 is 2.22 bits per heavy atom. The summed E-state index contributed by atoms with van der Waals surface area (Å²) in [6.07, 6.45) is 6.86. The van der Waals surface area contributed by atoms with Crippen LogP contribution in [-0.4, -0.2) is 42.1 Å². The summed E-state index contributed by atoms with van der Waals surface area (Å²) in [6.45, 7) is 3.10. The van der Waals surface area contributed by atoms with E-state index in [2.05, 4.69) is 27.0 Å². The van der Waals surface area contributed by atoms with Crippen LogP contribution in [0.5, 0.6) is 0 Å². The van der Waals surface area contributed by atoms with Crippen LogP contribution in [0.1, 0.15) is 44.1 Å². The van der Waals surface area contributed by atoms with E-state index in [9.17, 15) is 4.79 Å². The van der Waals surface area contributed by atoms with Crippen molar-refractivity contribution in [1.29, 1.82) is 0 Å². The van der Waals surface area contributed by atoms with Gasteiger partial charge >= 0.3 is 0 Å². The molecule has 5 heteroatoms. The molecule has 3 atom stereocenters. The molecule has 4 rings (SSSR count). The van der Waals surface area contributed by atoms with Crippen LogP contribution in [0.15, 0.2) is 16.8 Å². The summed E-state index contributed by atoms with van der Waals surface area (Å²) in [5.74, 6) is 0.698. The van der Waals surface area contributed by atoms with Crippen LogP contribution in [0.4, 0.5) is 0 Å². The lowest BCUT2D eigenvalue weighted by Crippen LogP contribution is -2.42. The van der Waals surface area contributed by atoms with Gasteiger partial charge in [0.25, 0.3) is 0 Å². The molecular formula is C18H26N2O2S. The molecule has 0 radical (unpaired) electrons. The van der Waals surface area contributed by atoms with Crippen molar-refractivity contribution in [3.63, 3.8) is 0 Å². The van der Waals surface area contributed by atoms with Gasteiger partial charge in [0.15, 0.2) is 0 Å². The molecular weight excluding hydrogens is 308 g/mol. The Hall–Kier alpha value is -0.910. The highest BCUT2D eigenvalue weighted by atomic mass is 32.1. The molecule has 3 heterocycles. The smallest absolute Gasteiger partial charge is 0.249 e. The molecule has 1 amide bonds. The van der Waals surface area contributed by atoms with E-state index in [1.165, 1.54) is 18.4 Å². The summed E-state index contributed by atoms with van der Waals surface area (Å²) in [6, 6.07) is 2.59. The first-order valence-corrected chi connectivity index (χ1v) is 9.91. The predicted molar refractivity (Wildman–Crippen MR) is 91.4 cm³/mol. The summed E-state index contributed by atoms with van der Waals surface area (Å²) in [7, 11) is 0. The van der Waals surface area contributed by atoms with Crippen molar-refractivity contribution in [3.8, 4) is 0 Å². The zero-order valence-electron chi connectivity index (χ0n) is 13.6. The number of carbonyl (C=O) groups is 1. The second-order valence-corrected chi connectivity index (χ2v) is 8.08. The molecule has 23 heavy (non-hydrogen) atoms. The van der Waals surface area contributed by atoms with Crippen molar-refractivity contribution in [2.24, 2.45) is 5.92 Å². The topological polar surface area (TPSA) is 41.6 Å². The van der Waals surface area contributed by atoms with Gasteiger partial charge in [0.05, 0.1) is 6.10 Å². The van der Waals surface area contributed by atoms with Gasteiger partial charge in [-0.15, -0.1) is 0 Å². The fourth-order valence-corrected chi connectivity index (χ4v) is 4.97. The minimum atomic E-state index is -0.216. The fraction of sp³-hybridized carbons (Fsp3) is 0.722. The summed E-state index contributed by atoms with van der Waals surface area (Å²) < 4.78 is 6.14. The monoisotopic (exact) mass is 334 g/mol. The molecule has 1 aromatic rings. The van der Waals surface area contributed by atoms with Crippen LogP contribution in [0.2, 0.25) is 0 Å². The Morgan fingerprint density at radius 3 is 3.00 bits per heavy atom. The second-order valence-electron chi connectivity index (χ2n) is 7.30. The minimum Gasteiger partial charge on any atom is -0.364 e. The highest BCUT2D eigenvalue weighted by molar-refractivity contribution is 7.07. The van der Waals surface area contributed by atoms with Crippen molar-refractivity contribution in [3.05, 3.63) is 22.4 Å². The van der Waals surface area contributed by atoms with Gasteiger partial charge in [-0.05, 0) is 60.5 Å². The van der Waals surface area contributed by atoms with Crippen molar-refractivity contribution in [1.82, 2.24) is 10.2 Å². The predicted octanol–water partition coefficient (Wildman–Crippen LogP) is 2.79. The number of hydrogen-bond donors (Lipinski definition) is 1. The molecule has 2 aliphatic heterocycles. The molecule has 126 valence electrons. The standard InChI is InChI=1S/C18H26N2O2S/c21-18(19-15-3-1-2-4-15)16-9-14-5-7-20(11-17(14)22-16)10-13-6-8-23-12-13/h6,8,12,14-17H,1-5,7,9-11H2,(H,19,21)/t14-,16-,17-/m0/s1. The van der Waals surface area contributed by atoms with Crippen LogP contribution < -0.4 is 5.32 Å². The average Bonchev–Trinajstić information content (AvgIpc) is 3.27. The Balaban J connectivity index is 1.29. The third-order valence-electron chi connectivity index (χ3n) is 5.62. The van der Waals surface area contributed by atoms with Gasteiger partial charge in [-0.1, -0.05) is 12.8 Å². The Morgan fingerprint density at radius 1 is 1.35 bits per heavy atom. The molecule has 1 aliphatic carbocycles. The second kappa shape index (κ2) is 6.91. The van der Waals surface area contributed by atoms with Gasteiger partial charge in [0, 0.05) is 19.1 Å². The first kappa shape index (κ1) is 15.6. The third-order valence-corrected chi connectivity index (χ3v) is 6.35. The van der Waals surface area contributed by atoms with Gasteiger partial charge < -0.3 is 10.1 Å². The molecule has 1 N–H and O–H groups in total. The normalized spacial score (nSPS) is 32.1. The lowest BCUT2D eigenvalue weighted by atomic mass is 9.91. The molecule has 2 saturated heterocycles. The van der Waals surface area contributed by atoms with Crippen LogP contribution in [0.3, 0.4) is 0 Å². The maximum atomic E-state index is 12.4. The van der Waals surface area contributed by atoms with Crippen molar-refractivity contribution < 1.29 is 9.53 Å². The highest BCUT2D eigenvalue weighted by Crippen LogP contribution is 2.34. The summed E-state index contributed by atoms with van der Waals surface area (Å²) >= 11 is 1.76. The number of thiophene rings is 1. The number of amides is 1. The number of piperidine rings is 1. The Labute approximate surface area is 142 Å². The van der Waals surface area contributed by atoms with E-state index in [1.54, 1.807) is 11.3 Å². The first-order valence-electron chi connectivity index (χ1n) is 8.97. The molecule has 3 aliphatic rings. The largest absolute Gasteiger partial charge is 0.364 e. The first-order chi connectivity index (χ1) is 11.3. The molecule has 0 unspecified atom stereocenters. The van der Waals surface area contributed by atoms with Crippen LogP contribution >= 0.6 is 11.3 Å². The van der Waals surface area contributed by atoms with Crippen LogP contribution in [0, 0.1) is 5.92 Å². The van der Waals surface area contributed by atoms with Gasteiger partial charge in [0.2, 0.25) is 5.91 Å². The third kappa shape index (κ3) is 3.62. The quantitative estimate of drug-likeness (QED) is 0.920. The molecule has 1 aromatic heterocycles. The molecule has 3 fully saturated rings. The number of fused-ring (bicyclic) bond motifs is 1. The number of nitrogens with one attached hydrogen (secondary N) is 1. The van der Waals surface area contributed by atoms with Crippen LogP contribution in [0.25, 0.3) is 0 Å². The van der Waals surface area contributed by atoms with Crippen molar-refractivity contribution in [2.45, 2.75) is 63.3 Å². The number of carbonyl (C=O) groups excluding carboxylic acids is 1. The van der Waals surface area contributed by atoms with E-state index in [-0.39, 0.29) is 18.1 Å². The van der Waals surface area contributed by atoms with E-state index in [4.69, 9.17) is 4.74 Å². The van der Waals surface area contributed by atoms with E-state index in [0.717, 1.165) is 45.3 Å². The Bertz CT molecular complexity index is 527. The van der Waals surface area contributed by atoms with E-state index < -0.39 is 0 Å². The highest BCUT2D eigenvalue weighted by Gasteiger charge is 2.42. The Kier molecular flexibility index (Phi) is 4.69. The maximum absolute atomic E-state index is 12.4. The summed E-state index contributed by atoms with van der Waals surface area (Å²) in [5, 5.41) is 7.56. The zero-order chi connectivity index (χ0) is 15.6. The van der Waals surface area contributed by atoms with E-state index >= 15 is 0 Å². The van der Waals surface area contributed by atoms with E-state index in [1.807, 2.05) is 0 Å². The maximum Gasteiger partial charge on any atom is 0.249 e. The number of rotatable bonds is 4. The fourth-order valence-electron chi connectivity index (χ4n) is 4.31. The van der Waals surface area contributed by atoms with Crippen molar-refractivity contribution in [2.75, 3.05) is 13.1 Å². The number of ether oxygens (including phenoxy) is 1. The number of hydrogen-bond acceptors (Lipinski definition) is 4. The van der Waals surface area contributed by atoms with E-state index in [0.29, 0.717) is 12.0 Å². The number of nitrogens with zero attached hydrogens (tertiary/aromatic N) is 1. The molecule has 1 saturated carbocycles. The molecule has 4 nitrogen and oxygen atoms in total. The van der Waals surface area contributed by atoms with Gasteiger partial charge in [-0.2, -0.15) is 11.3 Å². The van der Waals surface area contributed by atoms with Gasteiger partial charge in [-0.25, -0.2) is 0 Å². The van der Waals surface area contributed by atoms with Gasteiger partial charge in [-0.3, -0.25) is 9.69 Å². The minimum absolute atomic E-state index is 0.135. The lowest BCUT2D eigenvalue weighted by Gasteiger charge is -2.33. The van der Waals surface area contributed by atoms with Crippen molar-refractivity contribution >= 4 is 17.2 Å². The zero-order valence-corrected chi connectivity index (χ0v) is 14.4. The van der Waals surface area contributed by atoms with Gasteiger partial charge in [0.1, 0.15) is 6.10 Å².